The van der Waals surface area contributed by atoms with E-state index in [0.717, 1.165) is 25.4 Å². The Morgan fingerprint density at radius 1 is 1.50 bits per heavy atom. The molecule has 0 saturated carbocycles. The summed E-state index contributed by atoms with van der Waals surface area (Å²) in [6, 6.07) is 0.713. The van der Waals surface area contributed by atoms with Crippen LogP contribution in [0.2, 0.25) is 0 Å². The first-order valence-corrected chi connectivity index (χ1v) is 6.09. The minimum Gasteiger partial charge on any atom is -0.340 e. The predicted octanol–water partition coefficient (Wildman–Crippen LogP) is 0.686. The lowest BCUT2D eigenvalue weighted by Gasteiger charge is -2.31. The minimum atomic E-state index is 0.713. The molecular formula is C11H20N4O. The van der Waals surface area contributed by atoms with Crippen LogP contribution >= 0.6 is 0 Å². The SMILES string of the molecule is CCNC1CCN(CCc2ncno2)CC1. The first kappa shape index (κ1) is 11.5. The molecule has 1 saturated heterocycles. The van der Waals surface area contributed by atoms with Gasteiger partial charge in [0.2, 0.25) is 5.89 Å². The predicted molar refractivity (Wildman–Crippen MR) is 61.1 cm³/mol. The van der Waals surface area contributed by atoms with Gasteiger partial charge in [-0.25, -0.2) is 0 Å². The fourth-order valence-corrected chi connectivity index (χ4v) is 2.21. The maximum atomic E-state index is 4.98. The molecule has 5 heteroatoms. The summed E-state index contributed by atoms with van der Waals surface area (Å²) >= 11 is 0. The summed E-state index contributed by atoms with van der Waals surface area (Å²) in [6.07, 6.45) is 4.83. The van der Waals surface area contributed by atoms with Gasteiger partial charge in [0.25, 0.3) is 0 Å². The number of piperidine rings is 1. The van der Waals surface area contributed by atoms with Crippen molar-refractivity contribution < 1.29 is 4.52 Å². The molecular weight excluding hydrogens is 204 g/mol. The average Bonchev–Trinajstić information content (AvgIpc) is 2.82. The van der Waals surface area contributed by atoms with Gasteiger partial charge in [0.15, 0.2) is 6.33 Å². The van der Waals surface area contributed by atoms with Crippen LogP contribution in [-0.2, 0) is 6.42 Å². The van der Waals surface area contributed by atoms with E-state index in [1.807, 2.05) is 0 Å². The molecule has 0 amide bonds. The third-order valence-corrected chi connectivity index (χ3v) is 3.13. The van der Waals surface area contributed by atoms with E-state index in [4.69, 9.17) is 4.52 Å². The largest absolute Gasteiger partial charge is 0.340 e. The molecule has 2 heterocycles. The number of hydrogen-bond donors (Lipinski definition) is 1. The summed E-state index contributed by atoms with van der Waals surface area (Å²) < 4.78 is 4.98. The summed E-state index contributed by atoms with van der Waals surface area (Å²) in [5.74, 6) is 0.744. The third kappa shape index (κ3) is 3.28. The zero-order valence-corrected chi connectivity index (χ0v) is 9.85. The zero-order valence-electron chi connectivity index (χ0n) is 9.85. The van der Waals surface area contributed by atoms with Gasteiger partial charge in [-0.05, 0) is 32.5 Å². The normalized spacial score (nSPS) is 19.1. The van der Waals surface area contributed by atoms with Crippen LogP contribution in [-0.4, -0.2) is 47.3 Å². The summed E-state index contributed by atoms with van der Waals surface area (Å²) in [5.41, 5.74) is 0. The Bertz CT molecular complexity index is 280. The van der Waals surface area contributed by atoms with Crippen molar-refractivity contribution in [2.45, 2.75) is 32.2 Å². The van der Waals surface area contributed by atoms with E-state index in [1.54, 1.807) is 0 Å². The van der Waals surface area contributed by atoms with E-state index in [0.29, 0.717) is 6.04 Å². The number of aromatic nitrogens is 2. The van der Waals surface area contributed by atoms with Crippen molar-refractivity contribution in [2.24, 2.45) is 0 Å². The van der Waals surface area contributed by atoms with Crippen molar-refractivity contribution in [3.8, 4) is 0 Å². The fourth-order valence-electron chi connectivity index (χ4n) is 2.21. The first-order chi connectivity index (χ1) is 7.88. The van der Waals surface area contributed by atoms with E-state index in [2.05, 4.69) is 27.3 Å². The Morgan fingerprint density at radius 3 is 2.94 bits per heavy atom. The molecule has 1 fully saturated rings. The van der Waals surface area contributed by atoms with E-state index in [1.165, 1.54) is 32.3 Å². The van der Waals surface area contributed by atoms with Crippen LogP contribution in [0.4, 0.5) is 0 Å². The van der Waals surface area contributed by atoms with Gasteiger partial charge in [-0.15, -0.1) is 0 Å². The summed E-state index contributed by atoms with van der Waals surface area (Å²) in [6.45, 7) is 6.62. The van der Waals surface area contributed by atoms with Gasteiger partial charge in [0, 0.05) is 19.0 Å². The molecule has 0 spiro atoms. The van der Waals surface area contributed by atoms with Gasteiger partial charge < -0.3 is 14.7 Å². The molecule has 1 N–H and O–H groups in total. The van der Waals surface area contributed by atoms with Gasteiger partial charge >= 0.3 is 0 Å². The average molecular weight is 224 g/mol. The molecule has 1 aliphatic heterocycles. The van der Waals surface area contributed by atoms with Crippen LogP contribution in [0.3, 0.4) is 0 Å². The monoisotopic (exact) mass is 224 g/mol. The molecule has 5 nitrogen and oxygen atoms in total. The van der Waals surface area contributed by atoms with Crippen LogP contribution < -0.4 is 5.32 Å². The third-order valence-electron chi connectivity index (χ3n) is 3.13. The molecule has 1 aliphatic rings. The van der Waals surface area contributed by atoms with Gasteiger partial charge in [-0.1, -0.05) is 12.1 Å². The highest BCUT2D eigenvalue weighted by Crippen LogP contribution is 2.10. The maximum Gasteiger partial charge on any atom is 0.227 e. The second-order valence-corrected chi connectivity index (χ2v) is 4.26. The van der Waals surface area contributed by atoms with E-state index in [-0.39, 0.29) is 0 Å². The highest BCUT2D eigenvalue weighted by atomic mass is 16.5. The highest BCUT2D eigenvalue weighted by Gasteiger charge is 2.18. The quantitative estimate of drug-likeness (QED) is 0.797. The van der Waals surface area contributed by atoms with Gasteiger partial charge in [-0.3, -0.25) is 0 Å². The second kappa shape index (κ2) is 5.96. The van der Waals surface area contributed by atoms with Crippen molar-refractivity contribution in [1.82, 2.24) is 20.4 Å². The number of nitrogens with one attached hydrogen (secondary N) is 1. The number of likely N-dealkylation sites (tertiary alicyclic amines) is 1. The smallest absolute Gasteiger partial charge is 0.227 e. The Hall–Kier alpha value is -0.940. The van der Waals surface area contributed by atoms with Crippen molar-refractivity contribution in [1.29, 1.82) is 0 Å². The van der Waals surface area contributed by atoms with Crippen LogP contribution in [0, 0.1) is 0 Å². The molecule has 0 aromatic carbocycles. The standard InChI is InChI=1S/C11H20N4O/c1-2-12-10-3-6-15(7-4-10)8-5-11-13-9-14-16-11/h9-10,12H,2-8H2,1H3. The maximum absolute atomic E-state index is 4.98. The van der Waals surface area contributed by atoms with Gasteiger partial charge in [0.1, 0.15) is 0 Å². The summed E-state index contributed by atoms with van der Waals surface area (Å²) in [5, 5.41) is 7.11. The molecule has 0 aliphatic carbocycles. The van der Waals surface area contributed by atoms with E-state index in [9.17, 15) is 0 Å². The zero-order chi connectivity index (χ0) is 11.2. The highest BCUT2D eigenvalue weighted by molar-refractivity contribution is 4.80. The molecule has 2 rings (SSSR count). The Balaban J connectivity index is 1.65. The first-order valence-electron chi connectivity index (χ1n) is 6.09. The van der Waals surface area contributed by atoms with Crippen molar-refractivity contribution in [3.63, 3.8) is 0 Å². The lowest BCUT2D eigenvalue weighted by Crippen LogP contribution is -2.43. The van der Waals surface area contributed by atoms with Crippen molar-refractivity contribution >= 4 is 0 Å². The van der Waals surface area contributed by atoms with Gasteiger partial charge in [0.05, 0.1) is 0 Å². The topological polar surface area (TPSA) is 54.2 Å². The van der Waals surface area contributed by atoms with Gasteiger partial charge in [-0.2, -0.15) is 4.98 Å². The Kier molecular flexibility index (Phi) is 4.30. The molecule has 0 atom stereocenters. The number of rotatable bonds is 5. The van der Waals surface area contributed by atoms with E-state index < -0.39 is 0 Å². The number of hydrogen-bond acceptors (Lipinski definition) is 5. The van der Waals surface area contributed by atoms with Crippen molar-refractivity contribution in [3.05, 3.63) is 12.2 Å². The van der Waals surface area contributed by atoms with Crippen molar-refractivity contribution in [2.75, 3.05) is 26.2 Å². The van der Waals surface area contributed by atoms with Crippen LogP contribution in [0.1, 0.15) is 25.7 Å². The Labute approximate surface area is 96.2 Å². The molecule has 90 valence electrons. The molecule has 1 aromatic heterocycles. The van der Waals surface area contributed by atoms with Crippen LogP contribution in [0.5, 0.6) is 0 Å². The Morgan fingerprint density at radius 2 is 2.31 bits per heavy atom. The molecule has 16 heavy (non-hydrogen) atoms. The fraction of sp³-hybridized carbons (Fsp3) is 0.818. The summed E-state index contributed by atoms with van der Waals surface area (Å²) in [4.78, 5) is 6.50. The molecule has 1 aromatic rings. The number of nitrogens with zero attached hydrogens (tertiary/aromatic N) is 3. The van der Waals surface area contributed by atoms with Crippen LogP contribution in [0.15, 0.2) is 10.9 Å². The second-order valence-electron chi connectivity index (χ2n) is 4.26. The lowest BCUT2D eigenvalue weighted by molar-refractivity contribution is 0.195. The molecule has 0 radical (unpaired) electrons. The lowest BCUT2D eigenvalue weighted by atomic mass is 10.1. The molecule has 0 unspecified atom stereocenters. The minimum absolute atomic E-state index is 0.713. The summed E-state index contributed by atoms with van der Waals surface area (Å²) in [7, 11) is 0. The van der Waals surface area contributed by atoms with E-state index >= 15 is 0 Å². The van der Waals surface area contributed by atoms with Crippen LogP contribution in [0.25, 0.3) is 0 Å². The molecule has 0 bridgehead atoms.